The topological polar surface area (TPSA) is 94.8 Å². The van der Waals surface area contributed by atoms with Crippen molar-refractivity contribution in [2.24, 2.45) is 0 Å². The SMILES string of the molecule is O=C1NC(=O)C(=CCc2ccc(OCCOc3c(-c4ccc(F)c(F)c4)oc4ccccc4c3=O)c(Cl)c2)S1. The Kier molecular flexibility index (Phi) is 7.67. The molecule has 1 saturated heterocycles. The molecule has 2 amide bonds. The maximum Gasteiger partial charge on any atom is 0.290 e. The molecule has 0 saturated carbocycles. The van der Waals surface area contributed by atoms with Gasteiger partial charge in [-0.1, -0.05) is 35.9 Å². The monoisotopic (exact) mass is 569 g/mol. The molecule has 4 aromatic rings. The number of hydrogen-bond donors (Lipinski definition) is 1. The molecule has 0 unspecified atom stereocenters. The summed E-state index contributed by atoms with van der Waals surface area (Å²) in [5.74, 6) is -2.38. The van der Waals surface area contributed by atoms with Crippen LogP contribution in [0.1, 0.15) is 5.56 Å². The number of halogens is 3. The molecule has 0 bridgehead atoms. The highest BCUT2D eigenvalue weighted by Gasteiger charge is 2.24. The highest BCUT2D eigenvalue weighted by Crippen LogP contribution is 2.32. The number of nitrogens with one attached hydrogen (secondary N) is 1. The average molecular weight is 570 g/mol. The lowest BCUT2D eigenvalue weighted by Crippen LogP contribution is -2.17. The van der Waals surface area contributed by atoms with E-state index in [1.54, 1.807) is 48.5 Å². The third-order valence-corrected chi connectivity index (χ3v) is 6.84. The summed E-state index contributed by atoms with van der Waals surface area (Å²) in [6, 6.07) is 14.8. The first kappa shape index (κ1) is 26.5. The number of thioether (sulfide) groups is 1. The molecule has 1 fully saturated rings. The minimum atomic E-state index is -1.09. The maximum atomic E-state index is 13.9. The van der Waals surface area contributed by atoms with Crippen molar-refractivity contribution < 1.29 is 32.3 Å². The number of allylic oxidation sites excluding steroid dienone is 1. The zero-order chi connectivity index (χ0) is 27.5. The lowest BCUT2D eigenvalue weighted by molar-refractivity contribution is -0.115. The second-order valence-electron chi connectivity index (χ2n) is 8.29. The van der Waals surface area contributed by atoms with Crippen LogP contribution in [0.25, 0.3) is 22.3 Å². The minimum absolute atomic E-state index is 0.00548. The highest BCUT2D eigenvalue weighted by atomic mass is 35.5. The first-order valence-electron chi connectivity index (χ1n) is 11.6. The number of amides is 2. The van der Waals surface area contributed by atoms with Crippen molar-refractivity contribution in [2.75, 3.05) is 13.2 Å². The Balaban J connectivity index is 1.29. The fourth-order valence-corrected chi connectivity index (χ4v) is 4.75. The molecule has 0 aliphatic carbocycles. The predicted octanol–water partition coefficient (Wildman–Crippen LogP) is 6.26. The molecule has 1 aliphatic rings. The van der Waals surface area contributed by atoms with Crippen molar-refractivity contribution in [2.45, 2.75) is 6.42 Å². The van der Waals surface area contributed by atoms with Gasteiger partial charge in [-0.2, -0.15) is 0 Å². The van der Waals surface area contributed by atoms with Crippen LogP contribution in [0.2, 0.25) is 5.02 Å². The van der Waals surface area contributed by atoms with Gasteiger partial charge in [-0.15, -0.1) is 0 Å². The summed E-state index contributed by atoms with van der Waals surface area (Å²) in [5.41, 5.74) is 0.740. The van der Waals surface area contributed by atoms with Crippen LogP contribution in [0, 0.1) is 11.6 Å². The largest absolute Gasteiger partial charge is 0.488 e. The van der Waals surface area contributed by atoms with Gasteiger partial charge in [0.15, 0.2) is 17.4 Å². The lowest BCUT2D eigenvalue weighted by Gasteiger charge is -2.13. The zero-order valence-corrected chi connectivity index (χ0v) is 21.5. The summed E-state index contributed by atoms with van der Waals surface area (Å²) in [6.45, 7) is -0.0736. The molecule has 39 heavy (non-hydrogen) atoms. The number of carbonyl (C=O) groups excluding carboxylic acids is 2. The Morgan fingerprint density at radius 1 is 0.949 bits per heavy atom. The van der Waals surface area contributed by atoms with E-state index >= 15 is 0 Å². The first-order valence-corrected chi connectivity index (χ1v) is 12.8. The summed E-state index contributed by atoms with van der Waals surface area (Å²) < 4.78 is 44.7. The van der Waals surface area contributed by atoms with Crippen LogP contribution in [-0.2, 0) is 11.2 Å². The minimum Gasteiger partial charge on any atom is -0.488 e. The number of benzene rings is 3. The number of hydrogen-bond acceptors (Lipinski definition) is 7. The van der Waals surface area contributed by atoms with Crippen molar-refractivity contribution in [3.05, 3.63) is 104 Å². The molecule has 7 nitrogen and oxygen atoms in total. The number of fused-ring (bicyclic) bond motifs is 1. The number of imide groups is 1. The van der Waals surface area contributed by atoms with Crippen LogP contribution in [0.5, 0.6) is 11.5 Å². The number of ether oxygens (including phenoxy) is 2. The highest BCUT2D eigenvalue weighted by molar-refractivity contribution is 8.18. The van der Waals surface area contributed by atoms with Gasteiger partial charge in [-0.25, -0.2) is 8.78 Å². The molecule has 0 spiro atoms. The molecular weight excluding hydrogens is 552 g/mol. The Morgan fingerprint density at radius 2 is 1.74 bits per heavy atom. The molecule has 1 aromatic heterocycles. The summed E-state index contributed by atoms with van der Waals surface area (Å²) in [5, 5.41) is 2.37. The van der Waals surface area contributed by atoms with Gasteiger partial charge in [-0.3, -0.25) is 19.7 Å². The number of para-hydroxylation sites is 1. The molecule has 198 valence electrons. The fraction of sp³-hybridized carbons (Fsp3) is 0.107. The smallest absolute Gasteiger partial charge is 0.290 e. The summed E-state index contributed by atoms with van der Waals surface area (Å²) in [7, 11) is 0. The molecule has 2 heterocycles. The lowest BCUT2D eigenvalue weighted by atomic mass is 10.1. The molecule has 3 aromatic carbocycles. The van der Waals surface area contributed by atoms with E-state index in [-0.39, 0.29) is 41.3 Å². The van der Waals surface area contributed by atoms with Gasteiger partial charge in [0.05, 0.1) is 15.3 Å². The van der Waals surface area contributed by atoms with Crippen LogP contribution < -0.4 is 20.2 Å². The van der Waals surface area contributed by atoms with Crippen molar-refractivity contribution in [3.8, 4) is 22.8 Å². The van der Waals surface area contributed by atoms with Gasteiger partial charge in [0, 0.05) is 5.56 Å². The quantitative estimate of drug-likeness (QED) is 0.198. The molecule has 5 rings (SSSR count). The van der Waals surface area contributed by atoms with Crippen molar-refractivity contribution in [1.82, 2.24) is 5.32 Å². The summed E-state index contributed by atoms with van der Waals surface area (Å²) in [6.07, 6.45) is 2.03. The average Bonchev–Trinajstić information content (AvgIpc) is 3.25. The first-order chi connectivity index (χ1) is 18.8. The fourth-order valence-electron chi connectivity index (χ4n) is 3.84. The molecule has 11 heteroatoms. The van der Waals surface area contributed by atoms with Crippen molar-refractivity contribution in [1.29, 1.82) is 0 Å². The Bertz CT molecular complexity index is 1700. The van der Waals surface area contributed by atoms with Gasteiger partial charge in [0.2, 0.25) is 11.2 Å². The second kappa shape index (κ2) is 11.3. The summed E-state index contributed by atoms with van der Waals surface area (Å²) >= 11 is 7.18. The van der Waals surface area contributed by atoms with Crippen LogP contribution >= 0.6 is 23.4 Å². The molecule has 0 radical (unpaired) electrons. The van der Waals surface area contributed by atoms with E-state index in [0.717, 1.165) is 29.5 Å². The predicted molar refractivity (Wildman–Crippen MR) is 143 cm³/mol. The van der Waals surface area contributed by atoms with Crippen LogP contribution in [0.4, 0.5) is 13.6 Å². The molecule has 1 aliphatic heterocycles. The van der Waals surface area contributed by atoms with Crippen LogP contribution in [0.3, 0.4) is 0 Å². The number of carbonyl (C=O) groups is 2. The van der Waals surface area contributed by atoms with E-state index in [4.69, 9.17) is 25.5 Å². The number of rotatable bonds is 8. The van der Waals surface area contributed by atoms with Crippen molar-refractivity contribution in [3.63, 3.8) is 0 Å². The van der Waals surface area contributed by atoms with E-state index < -0.39 is 28.2 Å². The Labute approximate surface area is 229 Å². The van der Waals surface area contributed by atoms with Crippen LogP contribution in [-0.4, -0.2) is 24.4 Å². The normalized spacial score (nSPS) is 14.2. The Morgan fingerprint density at radius 3 is 2.49 bits per heavy atom. The van der Waals surface area contributed by atoms with E-state index in [1.807, 2.05) is 0 Å². The second-order valence-corrected chi connectivity index (χ2v) is 9.71. The molecule has 1 N–H and O–H groups in total. The molecular formula is C28H18ClF2NO6S. The standard InChI is InChI=1S/C28H18ClF2NO6S/c29-18-13-15(6-10-23-27(34)32-28(35)39-23)5-9-22(18)36-11-12-37-26-24(33)17-3-1-2-4-21(17)38-25(26)16-7-8-19(30)20(31)14-16/h1-5,7-10,13-14H,6,11-12H2,(H,32,34,35). The van der Waals surface area contributed by atoms with Crippen molar-refractivity contribution >= 4 is 45.5 Å². The van der Waals surface area contributed by atoms with E-state index in [0.29, 0.717) is 22.1 Å². The van der Waals surface area contributed by atoms with Gasteiger partial charge in [0.1, 0.15) is 24.5 Å². The third kappa shape index (κ3) is 5.81. The van der Waals surface area contributed by atoms with Crippen LogP contribution in [0.15, 0.2) is 80.9 Å². The van der Waals surface area contributed by atoms with Gasteiger partial charge in [0.25, 0.3) is 11.1 Å². The summed E-state index contributed by atoms with van der Waals surface area (Å²) in [4.78, 5) is 36.4. The van der Waals surface area contributed by atoms with E-state index in [1.165, 1.54) is 6.07 Å². The zero-order valence-electron chi connectivity index (χ0n) is 20.0. The third-order valence-electron chi connectivity index (χ3n) is 5.69. The van der Waals surface area contributed by atoms with Gasteiger partial charge >= 0.3 is 0 Å². The van der Waals surface area contributed by atoms with E-state index in [9.17, 15) is 23.2 Å². The van der Waals surface area contributed by atoms with E-state index in [2.05, 4.69) is 5.32 Å². The maximum absolute atomic E-state index is 13.9. The van der Waals surface area contributed by atoms with Gasteiger partial charge < -0.3 is 13.9 Å². The molecule has 0 atom stereocenters. The van der Waals surface area contributed by atoms with Gasteiger partial charge in [-0.05, 0) is 66.2 Å². The Hall–Kier alpha value is -4.15.